The van der Waals surface area contributed by atoms with Gasteiger partial charge in [-0.15, -0.1) is 0 Å². The minimum Gasteiger partial charge on any atom is -0.347 e. The number of piperidine rings is 1. The maximum absolute atomic E-state index is 12.4. The highest BCUT2D eigenvalue weighted by molar-refractivity contribution is 5.87. The predicted molar refractivity (Wildman–Crippen MR) is 89.1 cm³/mol. The largest absolute Gasteiger partial charge is 0.347 e. The SMILES string of the molecule is O=C1CCN(C(=O)CNC(=O)CC23CC4CC(CC(C4)C2)C3)CC1. The molecule has 2 amide bonds. The standard InChI is InChI=1S/C19H28N2O3/c22-16-1-3-21(4-2-16)18(24)12-20-17(23)11-19-8-13-5-14(9-19)7-15(6-13)10-19/h13-15H,1-12H2,(H,20,23). The van der Waals surface area contributed by atoms with Gasteiger partial charge in [0.25, 0.3) is 0 Å². The van der Waals surface area contributed by atoms with Crippen LogP contribution in [0.4, 0.5) is 0 Å². The lowest BCUT2D eigenvalue weighted by Crippen LogP contribution is -2.49. The molecular formula is C19H28N2O3. The van der Waals surface area contributed by atoms with E-state index in [0.29, 0.717) is 32.4 Å². The lowest BCUT2D eigenvalue weighted by atomic mass is 9.49. The van der Waals surface area contributed by atoms with E-state index in [1.807, 2.05) is 0 Å². The first kappa shape index (κ1) is 16.1. The highest BCUT2D eigenvalue weighted by Gasteiger charge is 2.51. The molecule has 1 heterocycles. The minimum absolute atomic E-state index is 0.0402. The lowest BCUT2D eigenvalue weighted by Gasteiger charge is -2.56. The van der Waals surface area contributed by atoms with Crippen LogP contribution in [0.2, 0.25) is 0 Å². The van der Waals surface area contributed by atoms with E-state index in [2.05, 4.69) is 5.32 Å². The molecule has 5 nitrogen and oxygen atoms in total. The van der Waals surface area contributed by atoms with Gasteiger partial charge >= 0.3 is 0 Å². The maximum atomic E-state index is 12.4. The quantitative estimate of drug-likeness (QED) is 0.855. The number of nitrogens with one attached hydrogen (secondary N) is 1. The number of likely N-dealkylation sites (tertiary alicyclic amines) is 1. The molecule has 1 aliphatic heterocycles. The van der Waals surface area contributed by atoms with Crippen molar-refractivity contribution < 1.29 is 14.4 Å². The fourth-order valence-corrected chi connectivity index (χ4v) is 6.20. The Bertz CT molecular complexity index is 512. The molecule has 0 spiro atoms. The smallest absolute Gasteiger partial charge is 0.241 e. The third-order valence-corrected chi connectivity index (χ3v) is 6.81. The van der Waals surface area contributed by atoms with E-state index in [0.717, 1.165) is 17.8 Å². The molecule has 0 aromatic heterocycles. The Hall–Kier alpha value is -1.39. The van der Waals surface area contributed by atoms with Crippen molar-refractivity contribution in [2.75, 3.05) is 19.6 Å². The maximum Gasteiger partial charge on any atom is 0.241 e. The molecule has 5 fully saturated rings. The first-order valence-corrected chi connectivity index (χ1v) is 9.57. The molecule has 1 N–H and O–H groups in total. The zero-order chi connectivity index (χ0) is 16.7. The van der Waals surface area contributed by atoms with Gasteiger partial charge in [0, 0.05) is 32.4 Å². The Morgan fingerprint density at radius 1 is 1.00 bits per heavy atom. The van der Waals surface area contributed by atoms with Gasteiger partial charge in [-0.3, -0.25) is 14.4 Å². The van der Waals surface area contributed by atoms with Crippen LogP contribution < -0.4 is 5.32 Å². The molecule has 4 bridgehead atoms. The molecule has 5 aliphatic rings. The predicted octanol–water partition coefficient (Wildman–Crippen LogP) is 1.90. The van der Waals surface area contributed by atoms with Gasteiger partial charge in [0.2, 0.25) is 11.8 Å². The summed E-state index contributed by atoms with van der Waals surface area (Å²) in [5, 5.41) is 2.85. The molecule has 0 atom stereocenters. The molecular weight excluding hydrogens is 304 g/mol. The summed E-state index contributed by atoms with van der Waals surface area (Å²) >= 11 is 0. The third-order valence-electron chi connectivity index (χ3n) is 6.81. The minimum atomic E-state index is -0.0543. The zero-order valence-electron chi connectivity index (χ0n) is 14.4. The van der Waals surface area contributed by atoms with Gasteiger partial charge in [-0.25, -0.2) is 0 Å². The molecule has 4 saturated carbocycles. The van der Waals surface area contributed by atoms with Gasteiger partial charge in [-0.1, -0.05) is 0 Å². The molecule has 0 aromatic carbocycles. The number of rotatable bonds is 4. The second-order valence-corrected chi connectivity index (χ2v) is 8.79. The highest BCUT2D eigenvalue weighted by atomic mass is 16.2. The van der Waals surface area contributed by atoms with Crippen molar-refractivity contribution in [1.29, 1.82) is 0 Å². The summed E-state index contributed by atoms with van der Waals surface area (Å²) in [7, 11) is 0. The van der Waals surface area contributed by atoms with E-state index in [9.17, 15) is 14.4 Å². The Labute approximate surface area is 143 Å². The van der Waals surface area contributed by atoms with Gasteiger partial charge in [-0.05, 0) is 61.7 Å². The molecule has 0 radical (unpaired) electrons. The molecule has 24 heavy (non-hydrogen) atoms. The Kier molecular flexibility index (Phi) is 4.13. The number of Topliss-reactive ketones (excluding diaryl/α,β-unsaturated/α-hetero) is 1. The van der Waals surface area contributed by atoms with Crippen molar-refractivity contribution in [2.45, 2.75) is 57.8 Å². The van der Waals surface area contributed by atoms with Gasteiger partial charge in [-0.2, -0.15) is 0 Å². The first-order chi connectivity index (χ1) is 11.5. The van der Waals surface area contributed by atoms with Crippen molar-refractivity contribution in [3.63, 3.8) is 0 Å². The zero-order valence-corrected chi connectivity index (χ0v) is 14.4. The van der Waals surface area contributed by atoms with Crippen LogP contribution in [0.3, 0.4) is 0 Å². The van der Waals surface area contributed by atoms with Crippen LogP contribution in [0, 0.1) is 23.2 Å². The van der Waals surface area contributed by atoms with Crippen molar-refractivity contribution in [3.05, 3.63) is 0 Å². The number of nitrogens with zero attached hydrogens (tertiary/aromatic N) is 1. The van der Waals surface area contributed by atoms with Gasteiger partial charge < -0.3 is 10.2 Å². The molecule has 0 aromatic rings. The lowest BCUT2D eigenvalue weighted by molar-refractivity contribution is -0.137. The van der Waals surface area contributed by atoms with E-state index in [4.69, 9.17) is 0 Å². The highest BCUT2D eigenvalue weighted by Crippen LogP contribution is 2.61. The van der Waals surface area contributed by atoms with Crippen molar-refractivity contribution in [2.24, 2.45) is 23.2 Å². The molecule has 1 saturated heterocycles. The molecule has 0 unspecified atom stereocenters. The number of amides is 2. The number of carbonyl (C=O) groups excluding carboxylic acids is 3. The van der Waals surface area contributed by atoms with Crippen LogP contribution in [-0.2, 0) is 14.4 Å². The summed E-state index contributed by atoms with van der Waals surface area (Å²) in [5.74, 6) is 2.74. The van der Waals surface area contributed by atoms with E-state index >= 15 is 0 Å². The Morgan fingerprint density at radius 3 is 2.08 bits per heavy atom. The summed E-state index contributed by atoms with van der Waals surface area (Å²) < 4.78 is 0. The fourth-order valence-electron chi connectivity index (χ4n) is 6.20. The molecule has 5 heteroatoms. The molecule has 132 valence electrons. The van der Waals surface area contributed by atoms with Crippen LogP contribution in [0.5, 0.6) is 0 Å². The van der Waals surface area contributed by atoms with Gasteiger partial charge in [0.15, 0.2) is 0 Å². The topological polar surface area (TPSA) is 66.5 Å². The Morgan fingerprint density at radius 2 is 1.54 bits per heavy atom. The van der Waals surface area contributed by atoms with E-state index in [1.54, 1.807) is 4.90 Å². The van der Waals surface area contributed by atoms with Crippen molar-refractivity contribution >= 4 is 17.6 Å². The van der Waals surface area contributed by atoms with Crippen molar-refractivity contribution in [3.8, 4) is 0 Å². The number of hydrogen-bond donors (Lipinski definition) is 1. The summed E-state index contributed by atoms with van der Waals surface area (Å²) in [6.07, 6.45) is 9.30. The number of hydrogen-bond acceptors (Lipinski definition) is 3. The second-order valence-electron chi connectivity index (χ2n) is 8.79. The van der Waals surface area contributed by atoms with Gasteiger partial charge in [0.05, 0.1) is 6.54 Å². The molecule has 5 rings (SSSR count). The van der Waals surface area contributed by atoms with Crippen LogP contribution in [0.1, 0.15) is 57.8 Å². The van der Waals surface area contributed by atoms with E-state index in [1.165, 1.54) is 38.5 Å². The average molecular weight is 332 g/mol. The fraction of sp³-hybridized carbons (Fsp3) is 0.842. The van der Waals surface area contributed by atoms with Crippen LogP contribution >= 0.6 is 0 Å². The average Bonchev–Trinajstić information content (AvgIpc) is 2.51. The normalized spacial score (nSPS) is 37.6. The third kappa shape index (κ3) is 3.22. The summed E-state index contributed by atoms with van der Waals surface area (Å²) in [6.45, 7) is 1.09. The van der Waals surface area contributed by atoms with Crippen LogP contribution in [0.25, 0.3) is 0 Å². The van der Waals surface area contributed by atoms with Gasteiger partial charge in [0.1, 0.15) is 5.78 Å². The van der Waals surface area contributed by atoms with Crippen LogP contribution in [-0.4, -0.2) is 42.1 Å². The summed E-state index contributed by atoms with van der Waals surface area (Å²) in [4.78, 5) is 37.5. The molecule has 4 aliphatic carbocycles. The van der Waals surface area contributed by atoms with Crippen LogP contribution in [0.15, 0.2) is 0 Å². The first-order valence-electron chi connectivity index (χ1n) is 9.57. The number of ketones is 1. The Balaban J connectivity index is 1.26. The van der Waals surface area contributed by atoms with E-state index in [-0.39, 0.29) is 29.6 Å². The van der Waals surface area contributed by atoms with Crippen molar-refractivity contribution in [1.82, 2.24) is 10.2 Å². The monoisotopic (exact) mass is 332 g/mol. The van der Waals surface area contributed by atoms with E-state index < -0.39 is 0 Å². The number of carbonyl (C=O) groups is 3. The second kappa shape index (κ2) is 6.16. The summed E-state index contributed by atoms with van der Waals surface area (Å²) in [6, 6.07) is 0. The summed E-state index contributed by atoms with van der Waals surface area (Å²) in [5.41, 5.74) is 0.222.